The van der Waals surface area contributed by atoms with Crippen molar-refractivity contribution in [3.8, 4) is 5.82 Å². The molecule has 0 amide bonds. The van der Waals surface area contributed by atoms with Gasteiger partial charge in [-0.2, -0.15) is 4.68 Å². The van der Waals surface area contributed by atoms with Crippen molar-refractivity contribution < 1.29 is 5.11 Å². The fourth-order valence-corrected chi connectivity index (χ4v) is 3.18. The van der Waals surface area contributed by atoms with Gasteiger partial charge < -0.3 is 10.8 Å². The summed E-state index contributed by atoms with van der Waals surface area (Å²) >= 11 is 0. The summed E-state index contributed by atoms with van der Waals surface area (Å²) in [6.45, 7) is 2.19. The minimum absolute atomic E-state index is 0. The summed E-state index contributed by atoms with van der Waals surface area (Å²) in [4.78, 5) is 9.15. The van der Waals surface area contributed by atoms with Gasteiger partial charge in [0.1, 0.15) is 5.82 Å². The first kappa shape index (κ1) is 18.8. The second-order valence-corrected chi connectivity index (χ2v) is 6.34. The second-order valence-electron chi connectivity index (χ2n) is 6.34. The zero-order valence-corrected chi connectivity index (χ0v) is 14.8. The van der Waals surface area contributed by atoms with Gasteiger partial charge in [-0.25, -0.2) is 9.97 Å². The van der Waals surface area contributed by atoms with Crippen LogP contribution in [0.25, 0.3) is 5.82 Å². The largest absolute Gasteiger partial charge is 0.391 e. The predicted molar refractivity (Wildman–Crippen MR) is 95.6 cm³/mol. The number of pyridine rings is 1. The Labute approximate surface area is 148 Å². The molecule has 1 fully saturated rings. The van der Waals surface area contributed by atoms with Crippen LogP contribution in [-0.2, 0) is 6.42 Å². The Morgan fingerprint density at radius 2 is 2.12 bits per heavy atom. The molecule has 3 atom stereocenters. The molecule has 132 valence electrons. The van der Waals surface area contributed by atoms with E-state index in [0.717, 1.165) is 36.7 Å². The van der Waals surface area contributed by atoms with Crippen molar-refractivity contribution in [2.24, 2.45) is 5.73 Å². The highest BCUT2D eigenvalue weighted by Gasteiger charge is 2.34. The molecule has 3 N–H and O–H groups in total. The average molecular weight is 352 g/mol. The van der Waals surface area contributed by atoms with Crippen molar-refractivity contribution in [1.29, 1.82) is 0 Å². The number of aryl methyl sites for hydroxylation is 1. The SMILES string of the molecule is CCCCCc1nc([C@H]2C[C@@H](N)[C@H](O)C2)n(-c2ccccn2)n1.Cl. The first-order valence-electron chi connectivity index (χ1n) is 8.50. The first-order valence-corrected chi connectivity index (χ1v) is 8.50. The first-order chi connectivity index (χ1) is 11.2. The molecule has 0 bridgehead atoms. The maximum atomic E-state index is 9.97. The van der Waals surface area contributed by atoms with Crippen molar-refractivity contribution in [2.75, 3.05) is 0 Å². The lowest BCUT2D eigenvalue weighted by Gasteiger charge is -2.10. The van der Waals surface area contributed by atoms with Gasteiger partial charge in [0.25, 0.3) is 0 Å². The van der Waals surface area contributed by atoms with Gasteiger partial charge in [-0.05, 0) is 31.4 Å². The Balaban J connectivity index is 0.00000208. The quantitative estimate of drug-likeness (QED) is 0.780. The number of unbranched alkanes of at least 4 members (excludes halogenated alkanes) is 2. The van der Waals surface area contributed by atoms with Crippen molar-refractivity contribution in [3.05, 3.63) is 36.0 Å². The Bertz CT molecular complexity index is 623. The molecule has 0 aromatic carbocycles. The molecule has 1 aliphatic rings. The summed E-state index contributed by atoms with van der Waals surface area (Å²) in [7, 11) is 0. The topological polar surface area (TPSA) is 89.8 Å². The monoisotopic (exact) mass is 351 g/mol. The standard InChI is InChI=1S/C17H25N5O.ClH/c1-2-3-4-7-15-20-17(12-10-13(18)14(23)11-12)22(21-15)16-8-5-6-9-19-16;/h5-6,8-9,12-14,23H,2-4,7,10-11,18H2,1H3;1H/t12-,13+,14+;/m0./s1. The van der Waals surface area contributed by atoms with Crippen LogP contribution in [0.1, 0.15) is 56.6 Å². The summed E-state index contributed by atoms with van der Waals surface area (Å²) in [5.41, 5.74) is 5.98. The highest BCUT2D eigenvalue weighted by Crippen LogP contribution is 2.33. The molecule has 0 radical (unpaired) electrons. The molecule has 0 aliphatic heterocycles. The average Bonchev–Trinajstić information content (AvgIpc) is 3.13. The van der Waals surface area contributed by atoms with Crippen LogP contribution in [0.5, 0.6) is 0 Å². The van der Waals surface area contributed by atoms with Crippen molar-refractivity contribution >= 4 is 12.4 Å². The normalized spacial score (nSPS) is 23.2. The number of aromatic nitrogens is 4. The second kappa shape index (κ2) is 8.55. The van der Waals surface area contributed by atoms with E-state index >= 15 is 0 Å². The Morgan fingerprint density at radius 3 is 2.75 bits per heavy atom. The van der Waals surface area contributed by atoms with Crippen LogP contribution in [0.15, 0.2) is 24.4 Å². The minimum Gasteiger partial charge on any atom is -0.391 e. The Kier molecular flexibility index (Phi) is 6.71. The number of aliphatic hydroxyl groups excluding tert-OH is 1. The van der Waals surface area contributed by atoms with Crippen molar-refractivity contribution in [1.82, 2.24) is 19.7 Å². The fraction of sp³-hybridized carbons (Fsp3) is 0.588. The lowest BCUT2D eigenvalue weighted by atomic mass is 10.1. The van der Waals surface area contributed by atoms with E-state index in [1.807, 2.05) is 22.9 Å². The molecule has 2 aromatic rings. The van der Waals surface area contributed by atoms with Gasteiger partial charge in [0, 0.05) is 24.6 Å². The predicted octanol–water partition coefficient (Wildman–Crippen LogP) is 2.38. The van der Waals surface area contributed by atoms with Gasteiger partial charge in [0.15, 0.2) is 11.6 Å². The van der Waals surface area contributed by atoms with E-state index in [-0.39, 0.29) is 24.4 Å². The molecule has 1 saturated carbocycles. The molecule has 0 spiro atoms. The van der Waals surface area contributed by atoms with Gasteiger partial charge >= 0.3 is 0 Å². The summed E-state index contributed by atoms with van der Waals surface area (Å²) in [5, 5.41) is 14.6. The molecule has 3 rings (SSSR count). The molecule has 24 heavy (non-hydrogen) atoms. The lowest BCUT2D eigenvalue weighted by Crippen LogP contribution is -2.28. The van der Waals surface area contributed by atoms with E-state index in [9.17, 15) is 5.11 Å². The molecule has 7 heteroatoms. The minimum atomic E-state index is -0.461. The van der Waals surface area contributed by atoms with Crippen molar-refractivity contribution in [3.63, 3.8) is 0 Å². The van der Waals surface area contributed by atoms with E-state index in [1.165, 1.54) is 12.8 Å². The third-order valence-electron chi connectivity index (χ3n) is 4.49. The van der Waals surface area contributed by atoms with E-state index in [1.54, 1.807) is 6.20 Å². The highest BCUT2D eigenvalue weighted by atomic mass is 35.5. The summed E-state index contributed by atoms with van der Waals surface area (Å²) in [6, 6.07) is 5.58. The zero-order chi connectivity index (χ0) is 16.2. The number of halogens is 1. The molecule has 0 saturated heterocycles. The molecular formula is C17H26ClN5O. The maximum absolute atomic E-state index is 9.97. The highest BCUT2D eigenvalue weighted by molar-refractivity contribution is 5.85. The van der Waals surface area contributed by atoms with Crippen LogP contribution in [0.3, 0.4) is 0 Å². The number of hydrogen-bond acceptors (Lipinski definition) is 5. The molecule has 0 unspecified atom stereocenters. The smallest absolute Gasteiger partial charge is 0.155 e. The van der Waals surface area contributed by atoms with Crippen LogP contribution in [-0.4, -0.2) is 37.0 Å². The zero-order valence-electron chi connectivity index (χ0n) is 14.0. The van der Waals surface area contributed by atoms with E-state index in [2.05, 4.69) is 17.0 Å². The van der Waals surface area contributed by atoms with Crippen LogP contribution in [0, 0.1) is 0 Å². The number of nitrogens with zero attached hydrogens (tertiary/aromatic N) is 4. The molecule has 2 heterocycles. The third kappa shape index (κ3) is 4.12. The lowest BCUT2D eigenvalue weighted by molar-refractivity contribution is 0.163. The van der Waals surface area contributed by atoms with Crippen LogP contribution in [0.2, 0.25) is 0 Å². The molecule has 1 aliphatic carbocycles. The van der Waals surface area contributed by atoms with Gasteiger partial charge in [-0.1, -0.05) is 25.8 Å². The van der Waals surface area contributed by atoms with Crippen molar-refractivity contribution in [2.45, 2.75) is 63.5 Å². The van der Waals surface area contributed by atoms with Gasteiger partial charge in [-0.3, -0.25) is 0 Å². The molecular weight excluding hydrogens is 326 g/mol. The number of hydrogen-bond donors (Lipinski definition) is 2. The summed E-state index contributed by atoms with van der Waals surface area (Å²) in [5.74, 6) is 2.64. The number of rotatable bonds is 6. The molecule has 2 aromatic heterocycles. The van der Waals surface area contributed by atoms with Crippen LogP contribution in [0.4, 0.5) is 0 Å². The Hall–Kier alpha value is -1.50. The summed E-state index contributed by atoms with van der Waals surface area (Å²) in [6.07, 6.45) is 7.00. The number of aliphatic hydroxyl groups is 1. The van der Waals surface area contributed by atoms with Gasteiger partial charge in [0.05, 0.1) is 6.10 Å². The third-order valence-corrected chi connectivity index (χ3v) is 4.49. The van der Waals surface area contributed by atoms with Gasteiger partial charge in [-0.15, -0.1) is 17.5 Å². The number of nitrogens with two attached hydrogens (primary N) is 1. The molecule has 6 nitrogen and oxygen atoms in total. The van der Waals surface area contributed by atoms with E-state index in [0.29, 0.717) is 6.42 Å². The Morgan fingerprint density at radius 1 is 1.29 bits per heavy atom. The van der Waals surface area contributed by atoms with Crippen LogP contribution < -0.4 is 5.73 Å². The summed E-state index contributed by atoms with van der Waals surface area (Å²) < 4.78 is 1.83. The fourth-order valence-electron chi connectivity index (χ4n) is 3.18. The van der Waals surface area contributed by atoms with E-state index < -0.39 is 6.10 Å². The maximum Gasteiger partial charge on any atom is 0.155 e. The van der Waals surface area contributed by atoms with Gasteiger partial charge in [0.2, 0.25) is 0 Å². The van der Waals surface area contributed by atoms with Crippen LogP contribution >= 0.6 is 12.4 Å². The van der Waals surface area contributed by atoms with E-state index in [4.69, 9.17) is 10.7 Å².